The van der Waals surface area contributed by atoms with Crippen molar-refractivity contribution < 1.29 is 0 Å². The summed E-state index contributed by atoms with van der Waals surface area (Å²) in [6, 6.07) is 25.0. The standard InChI is InChI=1S/C22H18N4/c1-15-23-19-7-3-5-9-21(19)25(15)17-11-13-18(14-12-17)26-16(2)24-20-8-4-6-10-22(20)26/h3-14H,1-2H3. The lowest BCUT2D eigenvalue weighted by Crippen LogP contribution is -2.00. The lowest BCUT2D eigenvalue weighted by atomic mass is 10.2. The third kappa shape index (κ3) is 2.15. The Labute approximate surface area is 151 Å². The van der Waals surface area contributed by atoms with Crippen LogP contribution in [0.1, 0.15) is 11.6 Å². The number of aryl methyl sites for hydroxylation is 2. The molecule has 0 aliphatic carbocycles. The molecular formula is C22H18N4. The second-order valence-corrected chi connectivity index (χ2v) is 6.48. The Kier molecular flexibility index (Phi) is 3.19. The number of hydrogen-bond acceptors (Lipinski definition) is 2. The van der Waals surface area contributed by atoms with Crippen LogP contribution in [0.4, 0.5) is 0 Å². The van der Waals surface area contributed by atoms with Crippen LogP contribution >= 0.6 is 0 Å². The molecular weight excluding hydrogens is 320 g/mol. The van der Waals surface area contributed by atoms with Crippen LogP contribution in [0, 0.1) is 13.8 Å². The third-order valence-corrected chi connectivity index (χ3v) is 4.82. The molecule has 0 fully saturated rings. The first-order valence-electron chi connectivity index (χ1n) is 8.71. The molecule has 4 nitrogen and oxygen atoms in total. The molecule has 26 heavy (non-hydrogen) atoms. The Hall–Kier alpha value is -3.40. The molecule has 0 aliphatic rings. The van der Waals surface area contributed by atoms with Gasteiger partial charge in [0, 0.05) is 11.4 Å². The quantitative estimate of drug-likeness (QED) is 0.455. The Morgan fingerprint density at radius 3 is 1.35 bits per heavy atom. The molecule has 5 rings (SSSR count). The minimum atomic E-state index is 0.989. The number of nitrogens with zero attached hydrogens (tertiary/aromatic N) is 4. The minimum absolute atomic E-state index is 0.989. The van der Waals surface area contributed by atoms with Gasteiger partial charge in [-0.1, -0.05) is 24.3 Å². The van der Waals surface area contributed by atoms with E-state index in [0.29, 0.717) is 0 Å². The van der Waals surface area contributed by atoms with Crippen molar-refractivity contribution in [2.24, 2.45) is 0 Å². The summed E-state index contributed by atoms with van der Waals surface area (Å²) < 4.78 is 4.38. The van der Waals surface area contributed by atoms with Gasteiger partial charge in [-0.2, -0.15) is 0 Å². The Morgan fingerprint density at radius 1 is 0.538 bits per heavy atom. The van der Waals surface area contributed by atoms with Crippen LogP contribution in [0.3, 0.4) is 0 Å². The van der Waals surface area contributed by atoms with Crippen LogP contribution in [-0.4, -0.2) is 19.1 Å². The van der Waals surface area contributed by atoms with Crippen molar-refractivity contribution in [3.8, 4) is 11.4 Å². The molecule has 0 bridgehead atoms. The van der Waals surface area contributed by atoms with Gasteiger partial charge >= 0.3 is 0 Å². The molecule has 126 valence electrons. The SMILES string of the molecule is Cc1nc2ccccc2n1-c1ccc(-n2c(C)nc3ccccc32)cc1. The van der Waals surface area contributed by atoms with E-state index in [1.807, 2.05) is 38.1 Å². The number of para-hydroxylation sites is 4. The predicted molar refractivity (Wildman–Crippen MR) is 105 cm³/mol. The van der Waals surface area contributed by atoms with Gasteiger partial charge in [-0.25, -0.2) is 9.97 Å². The molecule has 0 saturated heterocycles. The molecule has 0 unspecified atom stereocenters. The number of aromatic nitrogens is 4. The molecule has 0 atom stereocenters. The van der Waals surface area contributed by atoms with Gasteiger partial charge < -0.3 is 0 Å². The van der Waals surface area contributed by atoms with Crippen LogP contribution in [0.2, 0.25) is 0 Å². The minimum Gasteiger partial charge on any atom is -0.297 e. The molecule has 5 aromatic rings. The molecule has 0 spiro atoms. The average Bonchev–Trinajstić information content (AvgIpc) is 3.17. The number of rotatable bonds is 2. The van der Waals surface area contributed by atoms with E-state index >= 15 is 0 Å². The molecule has 3 aromatic carbocycles. The normalized spacial score (nSPS) is 11.5. The molecule has 0 aliphatic heterocycles. The van der Waals surface area contributed by atoms with Gasteiger partial charge in [0.05, 0.1) is 22.1 Å². The van der Waals surface area contributed by atoms with Gasteiger partial charge in [0.15, 0.2) is 0 Å². The third-order valence-electron chi connectivity index (χ3n) is 4.82. The van der Waals surface area contributed by atoms with Gasteiger partial charge in [-0.05, 0) is 62.4 Å². The van der Waals surface area contributed by atoms with Gasteiger partial charge in [-0.15, -0.1) is 0 Å². The smallest absolute Gasteiger partial charge is 0.111 e. The summed E-state index contributed by atoms with van der Waals surface area (Å²) in [6.45, 7) is 4.09. The Balaban J connectivity index is 1.65. The summed E-state index contributed by atoms with van der Waals surface area (Å²) in [7, 11) is 0. The molecule has 4 heteroatoms. The van der Waals surface area contributed by atoms with Crippen molar-refractivity contribution >= 4 is 22.1 Å². The Bertz CT molecular complexity index is 1140. The highest BCUT2D eigenvalue weighted by Gasteiger charge is 2.11. The molecule has 0 N–H and O–H groups in total. The maximum atomic E-state index is 4.66. The van der Waals surface area contributed by atoms with Crippen LogP contribution in [-0.2, 0) is 0 Å². The molecule has 0 saturated carbocycles. The van der Waals surface area contributed by atoms with Gasteiger partial charge in [-0.3, -0.25) is 9.13 Å². The van der Waals surface area contributed by atoms with Crippen molar-refractivity contribution in [1.29, 1.82) is 0 Å². The fraction of sp³-hybridized carbons (Fsp3) is 0.0909. The van der Waals surface area contributed by atoms with Crippen molar-refractivity contribution in [2.75, 3.05) is 0 Å². The zero-order valence-electron chi connectivity index (χ0n) is 14.7. The van der Waals surface area contributed by atoms with Crippen molar-refractivity contribution in [2.45, 2.75) is 13.8 Å². The first kappa shape index (κ1) is 14.9. The van der Waals surface area contributed by atoms with E-state index in [4.69, 9.17) is 0 Å². The zero-order chi connectivity index (χ0) is 17.7. The maximum Gasteiger partial charge on any atom is 0.111 e. The van der Waals surface area contributed by atoms with Crippen molar-refractivity contribution in [3.63, 3.8) is 0 Å². The summed E-state index contributed by atoms with van der Waals surface area (Å²) in [5.41, 5.74) is 6.52. The van der Waals surface area contributed by atoms with E-state index in [9.17, 15) is 0 Å². The van der Waals surface area contributed by atoms with E-state index in [1.165, 1.54) is 0 Å². The van der Waals surface area contributed by atoms with E-state index in [-0.39, 0.29) is 0 Å². The van der Waals surface area contributed by atoms with Gasteiger partial charge in [0.2, 0.25) is 0 Å². The van der Waals surface area contributed by atoms with Crippen molar-refractivity contribution in [1.82, 2.24) is 19.1 Å². The molecule has 0 radical (unpaired) electrons. The van der Waals surface area contributed by atoms with Crippen LogP contribution in [0.5, 0.6) is 0 Å². The number of fused-ring (bicyclic) bond motifs is 2. The summed E-state index contributed by atoms with van der Waals surface area (Å²) in [4.78, 5) is 9.33. The topological polar surface area (TPSA) is 35.6 Å². The highest BCUT2D eigenvalue weighted by atomic mass is 15.1. The van der Waals surface area contributed by atoms with E-state index in [2.05, 4.69) is 67.6 Å². The highest BCUT2D eigenvalue weighted by Crippen LogP contribution is 2.24. The van der Waals surface area contributed by atoms with Gasteiger partial charge in [0.25, 0.3) is 0 Å². The fourth-order valence-corrected chi connectivity index (χ4v) is 3.70. The van der Waals surface area contributed by atoms with E-state index < -0.39 is 0 Å². The summed E-state index contributed by atoms with van der Waals surface area (Å²) in [5.74, 6) is 1.98. The number of benzene rings is 3. The van der Waals surface area contributed by atoms with E-state index in [1.54, 1.807) is 0 Å². The van der Waals surface area contributed by atoms with Crippen LogP contribution in [0.25, 0.3) is 33.4 Å². The highest BCUT2D eigenvalue weighted by molar-refractivity contribution is 5.79. The monoisotopic (exact) mass is 338 g/mol. The summed E-state index contributed by atoms with van der Waals surface area (Å²) in [6.07, 6.45) is 0. The van der Waals surface area contributed by atoms with E-state index in [0.717, 1.165) is 45.1 Å². The van der Waals surface area contributed by atoms with Crippen molar-refractivity contribution in [3.05, 3.63) is 84.4 Å². The largest absolute Gasteiger partial charge is 0.297 e. The first-order chi connectivity index (χ1) is 12.7. The zero-order valence-corrected chi connectivity index (χ0v) is 14.7. The fourth-order valence-electron chi connectivity index (χ4n) is 3.70. The molecule has 2 heterocycles. The van der Waals surface area contributed by atoms with Gasteiger partial charge in [0.1, 0.15) is 11.6 Å². The summed E-state index contributed by atoms with van der Waals surface area (Å²) in [5, 5.41) is 0. The molecule has 2 aromatic heterocycles. The Morgan fingerprint density at radius 2 is 0.923 bits per heavy atom. The second-order valence-electron chi connectivity index (χ2n) is 6.48. The lowest BCUT2D eigenvalue weighted by Gasteiger charge is -2.10. The molecule has 0 amide bonds. The second kappa shape index (κ2) is 5.56. The lowest BCUT2D eigenvalue weighted by molar-refractivity contribution is 0.982. The predicted octanol–water partition coefficient (Wildman–Crippen LogP) is 4.98. The number of imidazole rings is 2. The first-order valence-corrected chi connectivity index (χ1v) is 8.71. The average molecular weight is 338 g/mol. The number of hydrogen-bond donors (Lipinski definition) is 0. The summed E-state index contributed by atoms with van der Waals surface area (Å²) >= 11 is 0. The maximum absolute atomic E-state index is 4.66. The van der Waals surface area contributed by atoms with Crippen LogP contribution in [0.15, 0.2) is 72.8 Å². The van der Waals surface area contributed by atoms with Crippen LogP contribution < -0.4 is 0 Å².